The summed E-state index contributed by atoms with van der Waals surface area (Å²) in [6.07, 6.45) is 1.85. The van der Waals surface area contributed by atoms with Gasteiger partial charge in [0.15, 0.2) is 0 Å². The molecule has 7 nitrogen and oxygen atoms in total. The number of piperidine rings is 1. The second-order valence-electron chi connectivity index (χ2n) is 12.2. The van der Waals surface area contributed by atoms with Gasteiger partial charge in [-0.2, -0.15) is 5.10 Å². The van der Waals surface area contributed by atoms with Gasteiger partial charge in [0.25, 0.3) is 0 Å². The molecule has 0 spiro atoms. The van der Waals surface area contributed by atoms with Crippen molar-refractivity contribution in [3.05, 3.63) is 46.0 Å². The summed E-state index contributed by atoms with van der Waals surface area (Å²) < 4.78 is 7.63. The summed E-state index contributed by atoms with van der Waals surface area (Å²) in [6, 6.07) is 4.51. The highest BCUT2D eigenvalue weighted by molar-refractivity contribution is 7.13. The first kappa shape index (κ1) is 27.3. The molecule has 1 amide bonds. The first-order valence-electron chi connectivity index (χ1n) is 13.1. The van der Waals surface area contributed by atoms with Crippen LogP contribution < -0.4 is 4.74 Å². The number of amides is 1. The van der Waals surface area contributed by atoms with Crippen LogP contribution in [0.25, 0.3) is 10.6 Å². The lowest BCUT2D eigenvalue weighted by Crippen LogP contribution is -2.40. The minimum atomic E-state index is -0.0513. The predicted molar refractivity (Wildman–Crippen MR) is 150 cm³/mol. The molecule has 0 bridgehead atoms. The third-order valence-electron chi connectivity index (χ3n) is 7.19. The van der Waals surface area contributed by atoms with E-state index in [-0.39, 0.29) is 23.3 Å². The Bertz CT molecular complexity index is 1240. The van der Waals surface area contributed by atoms with Crippen LogP contribution in [0, 0.1) is 13.8 Å². The van der Waals surface area contributed by atoms with Gasteiger partial charge in [0.1, 0.15) is 29.0 Å². The molecule has 1 aliphatic rings. The summed E-state index contributed by atoms with van der Waals surface area (Å²) in [5, 5.41) is 7.58. The number of nitrogens with zero attached hydrogens (tertiary/aromatic N) is 5. The normalized spacial score (nSPS) is 15.3. The molecule has 0 N–H and O–H groups in total. The molecule has 0 saturated carbocycles. The number of methoxy groups -OCH3 is 1. The first-order chi connectivity index (χ1) is 17.3. The van der Waals surface area contributed by atoms with Crippen molar-refractivity contribution in [1.82, 2.24) is 24.6 Å². The van der Waals surface area contributed by atoms with Crippen LogP contribution in [-0.4, -0.2) is 50.8 Å². The Morgan fingerprint density at radius 1 is 1.03 bits per heavy atom. The lowest BCUT2D eigenvalue weighted by Gasteiger charge is -2.31. The molecule has 1 aromatic carbocycles. The number of aryl methyl sites for hydroxylation is 2. The van der Waals surface area contributed by atoms with Crippen LogP contribution in [0.2, 0.25) is 0 Å². The Morgan fingerprint density at radius 3 is 2.11 bits per heavy atom. The van der Waals surface area contributed by atoms with Gasteiger partial charge in [-0.15, -0.1) is 11.3 Å². The zero-order valence-corrected chi connectivity index (χ0v) is 24.6. The van der Waals surface area contributed by atoms with E-state index in [9.17, 15) is 4.79 Å². The van der Waals surface area contributed by atoms with Crippen molar-refractivity contribution >= 4 is 17.2 Å². The predicted octanol–water partition coefficient (Wildman–Crippen LogP) is 6.03. The third-order valence-corrected chi connectivity index (χ3v) is 8.10. The van der Waals surface area contributed by atoms with Crippen LogP contribution in [0.1, 0.15) is 88.8 Å². The van der Waals surface area contributed by atoms with E-state index in [2.05, 4.69) is 69.1 Å². The van der Waals surface area contributed by atoms with Gasteiger partial charge < -0.3 is 9.64 Å². The maximum atomic E-state index is 12.9. The van der Waals surface area contributed by atoms with Crippen LogP contribution >= 0.6 is 11.3 Å². The number of carbonyl (C=O) groups is 1. The maximum absolute atomic E-state index is 12.9. The first-order valence-corrected chi connectivity index (χ1v) is 14.0. The molecule has 0 radical (unpaired) electrons. The average Bonchev–Trinajstić information content (AvgIpc) is 3.43. The van der Waals surface area contributed by atoms with Gasteiger partial charge in [-0.1, -0.05) is 41.5 Å². The summed E-state index contributed by atoms with van der Waals surface area (Å²) in [7, 11) is 1.77. The number of hydrogen-bond donors (Lipinski definition) is 0. The van der Waals surface area contributed by atoms with Gasteiger partial charge >= 0.3 is 0 Å². The number of likely N-dealkylation sites (tertiary alicyclic amines) is 1. The molecule has 0 atom stereocenters. The Morgan fingerprint density at radius 2 is 1.62 bits per heavy atom. The lowest BCUT2D eigenvalue weighted by molar-refractivity contribution is -0.133. The minimum absolute atomic E-state index is 0.0513. The molecule has 4 rings (SSSR count). The molecule has 200 valence electrons. The van der Waals surface area contributed by atoms with E-state index in [4.69, 9.17) is 9.72 Å². The van der Waals surface area contributed by atoms with E-state index < -0.39 is 0 Å². The van der Waals surface area contributed by atoms with Gasteiger partial charge in [-0.05, 0) is 49.7 Å². The molecular weight excluding hydrogens is 482 g/mol. The molecule has 1 aliphatic heterocycles. The summed E-state index contributed by atoms with van der Waals surface area (Å²) >= 11 is 1.71. The summed E-state index contributed by atoms with van der Waals surface area (Å²) in [5.41, 5.74) is 4.60. The van der Waals surface area contributed by atoms with Gasteiger partial charge in [0.2, 0.25) is 5.91 Å². The van der Waals surface area contributed by atoms with E-state index in [0.29, 0.717) is 11.7 Å². The molecule has 3 aromatic rings. The van der Waals surface area contributed by atoms with Crippen LogP contribution in [0.3, 0.4) is 0 Å². The molecule has 2 aromatic heterocycles. The van der Waals surface area contributed by atoms with E-state index >= 15 is 0 Å². The molecule has 0 aliphatic carbocycles. The van der Waals surface area contributed by atoms with Gasteiger partial charge in [-0.3, -0.25) is 4.79 Å². The number of ether oxygens (including phenoxy) is 1. The molecule has 1 saturated heterocycles. The number of thiazole rings is 1. The van der Waals surface area contributed by atoms with Crippen molar-refractivity contribution in [2.24, 2.45) is 0 Å². The molecule has 1 fully saturated rings. The number of hydrogen-bond acceptors (Lipinski definition) is 6. The summed E-state index contributed by atoms with van der Waals surface area (Å²) in [5.74, 6) is 2.93. The van der Waals surface area contributed by atoms with Crippen molar-refractivity contribution in [3.63, 3.8) is 0 Å². The van der Waals surface area contributed by atoms with E-state index in [1.165, 1.54) is 11.1 Å². The number of aromatic nitrogens is 4. The SMILES string of the molecule is COc1c(C(C)(C)C)cc(-c2nc(C3CCN(C(=O)Cn4nc(C)nc4C)CC3)cs2)cc1C(C)(C)C. The van der Waals surface area contributed by atoms with Crippen LogP contribution in [0.4, 0.5) is 0 Å². The number of rotatable bonds is 5. The zero-order chi connectivity index (χ0) is 27.1. The Labute approximate surface area is 225 Å². The van der Waals surface area contributed by atoms with Crippen LogP contribution in [0.15, 0.2) is 17.5 Å². The fourth-order valence-corrected chi connectivity index (χ4v) is 5.95. The monoisotopic (exact) mass is 523 g/mol. The van der Waals surface area contributed by atoms with E-state index in [1.54, 1.807) is 23.1 Å². The lowest BCUT2D eigenvalue weighted by atomic mass is 9.78. The molecule has 3 heterocycles. The number of carbonyl (C=O) groups excluding carboxylic acids is 1. The highest BCUT2D eigenvalue weighted by Gasteiger charge is 2.29. The minimum Gasteiger partial charge on any atom is -0.496 e. The smallest absolute Gasteiger partial charge is 0.244 e. The highest BCUT2D eigenvalue weighted by Crippen LogP contribution is 2.43. The third kappa shape index (κ3) is 5.89. The summed E-state index contributed by atoms with van der Waals surface area (Å²) in [6.45, 7) is 18.9. The molecule has 8 heteroatoms. The fraction of sp³-hybridized carbons (Fsp3) is 0.586. The fourth-order valence-electron chi connectivity index (χ4n) is 5.06. The zero-order valence-electron chi connectivity index (χ0n) is 23.8. The molecule has 37 heavy (non-hydrogen) atoms. The molecular formula is C29H41N5O2S. The van der Waals surface area contributed by atoms with Gasteiger partial charge in [-0.25, -0.2) is 14.6 Å². The van der Waals surface area contributed by atoms with Gasteiger partial charge in [0.05, 0.1) is 12.8 Å². The largest absolute Gasteiger partial charge is 0.496 e. The Hall–Kier alpha value is -2.74. The Kier molecular flexibility index (Phi) is 7.52. The maximum Gasteiger partial charge on any atom is 0.244 e. The standard InChI is InChI=1S/C29H41N5O2S/c1-18-30-19(2)34(32-18)16-25(35)33-12-10-20(11-13-33)24-17-37-27(31-24)21-14-22(28(3,4)5)26(36-9)23(15-21)29(6,7)8/h14-15,17,20H,10-13,16H2,1-9H3. The van der Waals surface area contributed by atoms with Crippen LogP contribution in [0.5, 0.6) is 5.75 Å². The Balaban J connectivity index is 1.51. The van der Waals surface area contributed by atoms with Crippen molar-refractivity contribution in [1.29, 1.82) is 0 Å². The van der Waals surface area contributed by atoms with Crippen molar-refractivity contribution in [2.45, 2.75) is 91.5 Å². The second-order valence-corrected chi connectivity index (χ2v) is 13.1. The summed E-state index contributed by atoms with van der Waals surface area (Å²) in [4.78, 5) is 24.2. The topological polar surface area (TPSA) is 73.1 Å². The van der Waals surface area contributed by atoms with Crippen molar-refractivity contribution < 1.29 is 9.53 Å². The number of benzene rings is 1. The van der Waals surface area contributed by atoms with E-state index in [1.807, 2.05) is 18.7 Å². The van der Waals surface area contributed by atoms with Gasteiger partial charge in [0, 0.05) is 41.1 Å². The quantitative estimate of drug-likeness (QED) is 0.408. The van der Waals surface area contributed by atoms with E-state index in [0.717, 1.165) is 53.8 Å². The van der Waals surface area contributed by atoms with Crippen molar-refractivity contribution in [2.75, 3.05) is 20.2 Å². The second kappa shape index (κ2) is 10.2. The van der Waals surface area contributed by atoms with Crippen molar-refractivity contribution in [3.8, 4) is 16.3 Å². The molecule has 0 unspecified atom stereocenters. The average molecular weight is 524 g/mol. The van der Waals surface area contributed by atoms with Crippen LogP contribution in [-0.2, 0) is 22.2 Å². The highest BCUT2D eigenvalue weighted by atomic mass is 32.1.